The summed E-state index contributed by atoms with van der Waals surface area (Å²) < 4.78 is 10.9. The Balaban J connectivity index is 1.61. The number of aromatic nitrogens is 2. The summed E-state index contributed by atoms with van der Waals surface area (Å²) in [5, 5.41) is 16.9. The van der Waals surface area contributed by atoms with Crippen molar-refractivity contribution in [3.8, 4) is 17.2 Å². The molecule has 0 fully saturated rings. The van der Waals surface area contributed by atoms with Crippen molar-refractivity contribution in [3.63, 3.8) is 0 Å². The van der Waals surface area contributed by atoms with E-state index >= 15 is 0 Å². The van der Waals surface area contributed by atoms with Crippen LogP contribution in [0.4, 0.5) is 0 Å². The minimum atomic E-state index is -0.997. The van der Waals surface area contributed by atoms with Crippen LogP contribution in [0.1, 0.15) is 17.0 Å². The zero-order chi connectivity index (χ0) is 18.5. The number of aliphatic carboxylic acids is 1. The highest BCUT2D eigenvalue weighted by Crippen LogP contribution is 2.28. The second-order valence-corrected chi connectivity index (χ2v) is 6.81. The van der Waals surface area contributed by atoms with E-state index in [2.05, 4.69) is 10.2 Å². The van der Waals surface area contributed by atoms with Crippen LogP contribution in [0.5, 0.6) is 5.75 Å². The van der Waals surface area contributed by atoms with Crippen molar-refractivity contribution in [1.82, 2.24) is 10.2 Å². The lowest BCUT2D eigenvalue weighted by Crippen LogP contribution is -2.09. The van der Waals surface area contributed by atoms with Gasteiger partial charge in [-0.1, -0.05) is 17.7 Å². The molecule has 3 aromatic rings. The molecule has 0 spiro atoms. The van der Waals surface area contributed by atoms with E-state index in [4.69, 9.17) is 14.3 Å². The van der Waals surface area contributed by atoms with Crippen molar-refractivity contribution in [1.29, 1.82) is 0 Å². The minimum absolute atomic E-state index is 0.350. The van der Waals surface area contributed by atoms with Gasteiger partial charge in [-0.25, -0.2) is 4.79 Å². The first-order valence-electron chi connectivity index (χ1n) is 7.99. The molecule has 134 valence electrons. The van der Waals surface area contributed by atoms with Gasteiger partial charge < -0.3 is 14.3 Å². The summed E-state index contributed by atoms with van der Waals surface area (Å²) in [5.41, 5.74) is 2.95. The molecule has 0 aliphatic rings. The summed E-state index contributed by atoms with van der Waals surface area (Å²) >= 11 is 1.56. The Kier molecular flexibility index (Phi) is 5.58. The van der Waals surface area contributed by atoms with E-state index in [9.17, 15) is 4.79 Å². The number of hydrogen-bond acceptors (Lipinski definition) is 6. The maximum absolute atomic E-state index is 10.6. The quantitative estimate of drug-likeness (QED) is 0.626. The lowest BCUT2D eigenvalue weighted by atomic mass is 10.1. The van der Waals surface area contributed by atoms with Crippen molar-refractivity contribution in [3.05, 3.63) is 59.5 Å². The van der Waals surface area contributed by atoms with E-state index in [1.54, 1.807) is 17.8 Å². The summed E-state index contributed by atoms with van der Waals surface area (Å²) in [6.07, 6.45) is 0. The largest absolute Gasteiger partial charge is 0.482 e. The fourth-order valence-corrected chi connectivity index (χ4v) is 3.11. The molecule has 0 radical (unpaired) electrons. The van der Waals surface area contributed by atoms with Gasteiger partial charge >= 0.3 is 5.97 Å². The molecule has 6 nitrogen and oxygen atoms in total. The molecule has 0 aliphatic carbocycles. The molecule has 0 unspecified atom stereocenters. The first-order chi connectivity index (χ1) is 12.5. The van der Waals surface area contributed by atoms with Gasteiger partial charge in [0, 0.05) is 10.5 Å². The molecule has 0 saturated heterocycles. The zero-order valence-corrected chi connectivity index (χ0v) is 15.2. The average molecular weight is 370 g/mol. The number of carboxylic acids is 1. The maximum atomic E-state index is 10.6. The monoisotopic (exact) mass is 370 g/mol. The lowest BCUT2D eigenvalue weighted by molar-refractivity contribution is -0.139. The van der Waals surface area contributed by atoms with Gasteiger partial charge in [0.15, 0.2) is 6.61 Å². The molecular formula is C19H18N2O4S. The molecule has 1 heterocycles. The predicted octanol–water partition coefficient (Wildman–Crippen LogP) is 4.11. The Morgan fingerprint density at radius 1 is 1.15 bits per heavy atom. The predicted molar refractivity (Wildman–Crippen MR) is 98.3 cm³/mol. The normalized spacial score (nSPS) is 10.7. The standard InChI is InChI=1S/C19H18N2O4S/c1-12-3-5-14(6-4-12)19-21-20-17(25-19)11-26-15-7-8-16(13(2)9-15)24-10-18(22)23/h3-9H,10-11H2,1-2H3,(H,22,23). The number of thioether (sulfide) groups is 1. The molecule has 0 bridgehead atoms. The lowest BCUT2D eigenvalue weighted by Gasteiger charge is -2.08. The van der Waals surface area contributed by atoms with Crippen LogP contribution < -0.4 is 4.74 Å². The molecule has 3 rings (SSSR count). The number of rotatable bonds is 7. The van der Waals surface area contributed by atoms with Gasteiger partial charge in [0.1, 0.15) is 5.75 Å². The average Bonchev–Trinajstić information content (AvgIpc) is 3.08. The van der Waals surface area contributed by atoms with Crippen molar-refractivity contribution in [2.24, 2.45) is 0 Å². The fourth-order valence-electron chi connectivity index (χ4n) is 2.28. The fraction of sp³-hybridized carbons (Fsp3) is 0.211. The minimum Gasteiger partial charge on any atom is -0.482 e. The third-order valence-electron chi connectivity index (χ3n) is 3.63. The summed E-state index contributed by atoms with van der Waals surface area (Å²) in [6.45, 7) is 3.56. The van der Waals surface area contributed by atoms with Crippen LogP contribution in [0.25, 0.3) is 11.5 Å². The maximum Gasteiger partial charge on any atom is 0.341 e. The number of benzene rings is 2. The first kappa shape index (κ1) is 18.0. The van der Waals surface area contributed by atoms with Gasteiger partial charge in [0.2, 0.25) is 11.8 Å². The highest BCUT2D eigenvalue weighted by Gasteiger charge is 2.10. The molecule has 2 aromatic carbocycles. The summed E-state index contributed by atoms with van der Waals surface area (Å²) in [6, 6.07) is 13.5. The number of ether oxygens (including phenoxy) is 1. The van der Waals surface area contributed by atoms with Gasteiger partial charge in [0.05, 0.1) is 5.75 Å². The zero-order valence-electron chi connectivity index (χ0n) is 14.4. The number of carboxylic acid groups (broad SMARTS) is 1. The summed E-state index contributed by atoms with van der Waals surface area (Å²) in [7, 11) is 0. The van der Waals surface area contributed by atoms with E-state index in [1.807, 2.05) is 50.2 Å². The van der Waals surface area contributed by atoms with Crippen LogP contribution in [0.2, 0.25) is 0 Å². The number of hydrogen-bond donors (Lipinski definition) is 1. The molecule has 0 amide bonds. The van der Waals surface area contributed by atoms with Crippen molar-refractivity contribution in [2.45, 2.75) is 24.5 Å². The van der Waals surface area contributed by atoms with Crippen LogP contribution in [-0.4, -0.2) is 27.9 Å². The Hall–Kier alpha value is -2.80. The topological polar surface area (TPSA) is 85.5 Å². The van der Waals surface area contributed by atoms with Gasteiger partial charge in [-0.2, -0.15) is 0 Å². The number of aryl methyl sites for hydroxylation is 2. The number of nitrogens with zero attached hydrogens (tertiary/aromatic N) is 2. The van der Waals surface area contributed by atoms with E-state index in [-0.39, 0.29) is 6.61 Å². The molecular weight excluding hydrogens is 352 g/mol. The van der Waals surface area contributed by atoms with Crippen molar-refractivity contribution < 1.29 is 19.1 Å². The Morgan fingerprint density at radius 3 is 2.62 bits per heavy atom. The second-order valence-electron chi connectivity index (χ2n) is 5.77. The Labute approximate surface area is 155 Å². The third-order valence-corrected chi connectivity index (χ3v) is 4.60. The van der Waals surface area contributed by atoms with Crippen LogP contribution in [0.15, 0.2) is 51.8 Å². The Morgan fingerprint density at radius 2 is 1.92 bits per heavy atom. The second kappa shape index (κ2) is 8.05. The molecule has 7 heteroatoms. The van der Waals surface area contributed by atoms with Gasteiger partial charge in [-0.15, -0.1) is 22.0 Å². The van der Waals surface area contributed by atoms with Crippen molar-refractivity contribution >= 4 is 17.7 Å². The van der Waals surface area contributed by atoms with Crippen LogP contribution in [0.3, 0.4) is 0 Å². The highest BCUT2D eigenvalue weighted by molar-refractivity contribution is 7.98. The SMILES string of the molecule is Cc1ccc(-c2nnc(CSc3ccc(OCC(=O)O)c(C)c3)o2)cc1. The third kappa shape index (κ3) is 4.64. The van der Waals surface area contributed by atoms with E-state index in [0.717, 1.165) is 16.0 Å². The van der Waals surface area contributed by atoms with Crippen LogP contribution in [0, 0.1) is 13.8 Å². The molecule has 0 saturated carbocycles. The molecule has 0 aliphatic heterocycles. The molecule has 26 heavy (non-hydrogen) atoms. The van der Waals surface area contributed by atoms with E-state index < -0.39 is 5.97 Å². The van der Waals surface area contributed by atoms with Crippen LogP contribution in [-0.2, 0) is 10.5 Å². The highest BCUT2D eigenvalue weighted by atomic mass is 32.2. The van der Waals surface area contributed by atoms with Crippen molar-refractivity contribution in [2.75, 3.05) is 6.61 Å². The molecule has 0 atom stereocenters. The smallest absolute Gasteiger partial charge is 0.341 e. The Bertz CT molecular complexity index is 906. The summed E-state index contributed by atoms with van der Waals surface area (Å²) in [4.78, 5) is 11.6. The van der Waals surface area contributed by atoms with Gasteiger partial charge in [-0.3, -0.25) is 0 Å². The van der Waals surface area contributed by atoms with Gasteiger partial charge in [0.25, 0.3) is 0 Å². The van der Waals surface area contributed by atoms with Gasteiger partial charge in [-0.05, 0) is 49.7 Å². The van der Waals surface area contributed by atoms with E-state index in [1.165, 1.54) is 5.56 Å². The van der Waals surface area contributed by atoms with Crippen LogP contribution >= 0.6 is 11.8 Å². The molecule has 1 aromatic heterocycles. The van der Waals surface area contributed by atoms with E-state index in [0.29, 0.717) is 23.3 Å². The molecule has 1 N–H and O–H groups in total. The summed E-state index contributed by atoms with van der Waals surface area (Å²) in [5.74, 6) is 1.18. The number of carbonyl (C=O) groups is 1. The first-order valence-corrected chi connectivity index (χ1v) is 8.97.